The van der Waals surface area contributed by atoms with Gasteiger partial charge in [-0.3, -0.25) is 4.90 Å². The van der Waals surface area contributed by atoms with Crippen molar-refractivity contribution in [1.82, 2.24) is 14.5 Å². The molecule has 2 N–H and O–H groups in total. The maximum Gasteiger partial charge on any atom is 0.201 e. The van der Waals surface area contributed by atoms with Gasteiger partial charge in [0.15, 0.2) is 0 Å². The summed E-state index contributed by atoms with van der Waals surface area (Å²) in [5, 5.41) is 0. The number of fused-ring (bicyclic) bond motifs is 1. The van der Waals surface area contributed by atoms with Gasteiger partial charge in [-0.15, -0.1) is 0 Å². The van der Waals surface area contributed by atoms with E-state index < -0.39 is 0 Å². The molecule has 1 fully saturated rings. The van der Waals surface area contributed by atoms with Crippen molar-refractivity contribution in [2.24, 2.45) is 0 Å². The fourth-order valence-corrected chi connectivity index (χ4v) is 3.75. The van der Waals surface area contributed by atoms with E-state index in [9.17, 15) is 0 Å². The fourth-order valence-electron chi connectivity index (χ4n) is 2.42. The highest BCUT2D eigenvalue weighted by molar-refractivity contribution is 9.10. The largest absolute Gasteiger partial charge is 0.369 e. The molecule has 102 valence electrons. The summed E-state index contributed by atoms with van der Waals surface area (Å²) in [4.78, 5) is 6.93. The number of anilines is 1. The summed E-state index contributed by atoms with van der Waals surface area (Å²) >= 11 is 5.51. The zero-order valence-corrected chi connectivity index (χ0v) is 13.1. The lowest BCUT2D eigenvalue weighted by Gasteiger charge is -2.26. The van der Waals surface area contributed by atoms with Crippen LogP contribution in [0.4, 0.5) is 5.95 Å². The van der Waals surface area contributed by atoms with Crippen LogP contribution in [0.2, 0.25) is 0 Å². The fraction of sp³-hybridized carbons (Fsp3) is 0.462. The normalized spacial score (nSPS) is 17.1. The third-order valence-electron chi connectivity index (χ3n) is 3.48. The van der Waals surface area contributed by atoms with Gasteiger partial charge in [0.2, 0.25) is 5.95 Å². The Morgan fingerprint density at radius 1 is 1.26 bits per heavy atom. The summed E-state index contributed by atoms with van der Waals surface area (Å²) < 4.78 is 3.15. The Kier molecular flexibility index (Phi) is 4.00. The summed E-state index contributed by atoms with van der Waals surface area (Å²) in [6, 6.07) is 6.13. The molecule has 1 saturated heterocycles. The van der Waals surface area contributed by atoms with Crippen molar-refractivity contribution >= 4 is 44.7 Å². The van der Waals surface area contributed by atoms with Crippen molar-refractivity contribution < 1.29 is 0 Å². The molecule has 2 aromatic rings. The molecule has 1 aliphatic heterocycles. The molecule has 6 heteroatoms. The van der Waals surface area contributed by atoms with Gasteiger partial charge in [0, 0.05) is 42.2 Å². The van der Waals surface area contributed by atoms with Crippen LogP contribution < -0.4 is 5.73 Å². The molecule has 2 heterocycles. The molecule has 0 spiro atoms. The summed E-state index contributed by atoms with van der Waals surface area (Å²) in [5.41, 5.74) is 8.11. The van der Waals surface area contributed by atoms with Gasteiger partial charge < -0.3 is 10.3 Å². The van der Waals surface area contributed by atoms with Crippen LogP contribution in [0, 0.1) is 0 Å². The monoisotopic (exact) mass is 340 g/mol. The molecule has 1 aliphatic rings. The Morgan fingerprint density at radius 2 is 2.05 bits per heavy atom. The number of halogens is 1. The van der Waals surface area contributed by atoms with E-state index in [0.717, 1.165) is 28.6 Å². The lowest BCUT2D eigenvalue weighted by molar-refractivity contribution is 0.291. The number of hydrogen-bond acceptors (Lipinski definition) is 4. The number of aromatic nitrogens is 2. The van der Waals surface area contributed by atoms with Crippen LogP contribution in [0.1, 0.15) is 0 Å². The molecular weight excluding hydrogens is 324 g/mol. The molecule has 1 aromatic heterocycles. The van der Waals surface area contributed by atoms with Gasteiger partial charge in [-0.25, -0.2) is 4.98 Å². The molecule has 0 radical (unpaired) electrons. The molecule has 19 heavy (non-hydrogen) atoms. The number of nitrogens with zero attached hydrogens (tertiary/aromatic N) is 3. The Bertz CT molecular complexity index is 577. The van der Waals surface area contributed by atoms with Gasteiger partial charge in [-0.1, -0.05) is 15.9 Å². The van der Waals surface area contributed by atoms with Crippen molar-refractivity contribution in [3.05, 3.63) is 22.7 Å². The first-order valence-electron chi connectivity index (χ1n) is 6.45. The number of hydrogen-bond donors (Lipinski definition) is 1. The average molecular weight is 341 g/mol. The van der Waals surface area contributed by atoms with Crippen LogP contribution in [-0.4, -0.2) is 45.6 Å². The highest BCUT2D eigenvalue weighted by atomic mass is 79.9. The van der Waals surface area contributed by atoms with Crippen LogP contribution in [0.5, 0.6) is 0 Å². The number of nitrogens with two attached hydrogens (primary N) is 1. The standard InChI is InChI=1S/C13H17BrN4S/c14-10-1-2-12-11(9-10)16-13(15)18(12)4-3-17-5-7-19-8-6-17/h1-2,9H,3-8H2,(H2,15,16). The zero-order valence-electron chi connectivity index (χ0n) is 10.7. The molecule has 3 rings (SSSR count). The van der Waals surface area contributed by atoms with E-state index in [4.69, 9.17) is 5.73 Å². The number of imidazole rings is 1. The molecule has 0 amide bonds. The van der Waals surface area contributed by atoms with Crippen molar-refractivity contribution in [2.45, 2.75) is 6.54 Å². The minimum Gasteiger partial charge on any atom is -0.369 e. The first-order chi connectivity index (χ1) is 9.24. The second-order valence-corrected chi connectivity index (χ2v) is 6.85. The summed E-state index contributed by atoms with van der Waals surface area (Å²) in [6.07, 6.45) is 0. The lowest BCUT2D eigenvalue weighted by Crippen LogP contribution is -2.35. The van der Waals surface area contributed by atoms with E-state index >= 15 is 0 Å². The van der Waals surface area contributed by atoms with Crippen molar-refractivity contribution in [3.8, 4) is 0 Å². The second-order valence-electron chi connectivity index (χ2n) is 4.71. The predicted molar refractivity (Wildman–Crippen MR) is 85.6 cm³/mol. The van der Waals surface area contributed by atoms with Crippen LogP contribution >= 0.6 is 27.7 Å². The number of thioether (sulfide) groups is 1. The van der Waals surface area contributed by atoms with Crippen LogP contribution in [0.15, 0.2) is 22.7 Å². The number of rotatable bonds is 3. The van der Waals surface area contributed by atoms with E-state index in [1.54, 1.807) is 0 Å². The Balaban J connectivity index is 1.78. The van der Waals surface area contributed by atoms with Crippen LogP contribution in [-0.2, 0) is 6.54 Å². The molecule has 0 atom stereocenters. The van der Waals surface area contributed by atoms with Gasteiger partial charge in [-0.2, -0.15) is 11.8 Å². The third-order valence-corrected chi connectivity index (χ3v) is 4.92. The molecule has 4 nitrogen and oxygen atoms in total. The van der Waals surface area contributed by atoms with Crippen molar-refractivity contribution in [3.63, 3.8) is 0 Å². The Labute approximate surface area is 125 Å². The first kappa shape index (κ1) is 13.3. The molecule has 0 saturated carbocycles. The topological polar surface area (TPSA) is 47.1 Å². The quantitative estimate of drug-likeness (QED) is 0.932. The van der Waals surface area contributed by atoms with Gasteiger partial charge in [0.1, 0.15) is 0 Å². The van der Waals surface area contributed by atoms with Crippen LogP contribution in [0.25, 0.3) is 11.0 Å². The Morgan fingerprint density at radius 3 is 2.84 bits per heavy atom. The highest BCUT2D eigenvalue weighted by Gasteiger charge is 2.12. The summed E-state index contributed by atoms with van der Waals surface area (Å²) in [5.74, 6) is 3.10. The molecule has 1 aromatic carbocycles. The maximum absolute atomic E-state index is 6.03. The van der Waals surface area contributed by atoms with E-state index in [2.05, 4.69) is 36.4 Å². The summed E-state index contributed by atoms with van der Waals surface area (Å²) in [6.45, 7) is 4.33. The van der Waals surface area contributed by atoms with Crippen molar-refractivity contribution in [2.75, 3.05) is 36.9 Å². The van der Waals surface area contributed by atoms with E-state index in [1.807, 2.05) is 23.9 Å². The Hall–Kier alpha value is -0.720. The third kappa shape index (κ3) is 2.90. The SMILES string of the molecule is Nc1nc2cc(Br)ccc2n1CCN1CCSCC1. The maximum atomic E-state index is 6.03. The minimum absolute atomic E-state index is 0.611. The minimum atomic E-state index is 0.611. The van der Waals surface area contributed by atoms with E-state index in [0.29, 0.717) is 5.95 Å². The smallest absolute Gasteiger partial charge is 0.201 e. The number of benzene rings is 1. The van der Waals surface area contributed by atoms with E-state index in [1.165, 1.54) is 24.6 Å². The molecule has 0 aliphatic carbocycles. The molecule has 0 unspecified atom stereocenters. The first-order valence-corrected chi connectivity index (χ1v) is 8.40. The van der Waals surface area contributed by atoms with Crippen LogP contribution in [0.3, 0.4) is 0 Å². The zero-order chi connectivity index (χ0) is 13.2. The average Bonchev–Trinajstić information content (AvgIpc) is 2.72. The van der Waals surface area contributed by atoms with Gasteiger partial charge >= 0.3 is 0 Å². The molecule has 0 bridgehead atoms. The highest BCUT2D eigenvalue weighted by Crippen LogP contribution is 2.22. The lowest BCUT2D eigenvalue weighted by atomic mass is 10.3. The van der Waals surface area contributed by atoms with Crippen molar-refractivity contribution in [1.29, 1.82) is 0 Å². The number of nitrogen functional groups attached to an aromatic ring is 1. The second kappa shape index (κ2) is 5.73. The van der Waals surface area contributed by atoms with Gasteiger partial charge in [0.05, 0.1) is 11.0 Å². The summed E-state index contributed by atoms with van der Waals surface area (Å²) in [7, 11) is 0. The molecular formula is C13H17BrN4S. The predicted octanol–water partition coefficient (Wildman–Crippen LogP) is 2.43. The van der Waals surface area contributed by atoms with Gasteiger partial charge in [0.25, 0.3) is 0 Å². The van der Waals surface area contributed by atoms with Gasteiger partial charge in [-0.05, 0) is 18.2 Å². The van der Waals surface area contributed by atoms with E-state index in [-0.39, 0.29) is 0 Å².